The fourth-order valence-electron chi connectivity index (χ4n) is 3.06. The van der Waals surface area contributed by atoms with Crippen molar-refractivity contribution in [3.05, 3.63) is 115 Å². The molecular formula is C27H24N2O3. The topological polar surface area (TPSA) is 59.6 Å². The molecule has 0 radical (unpaired) electrons. The zero-order chi connectivity index (χ0) is 22.0. The summed E-state index contributed by atoms with van der Waals surface area (Å²) in [6.07, 6.45) is 0. The molecule has 0 aliphatic carbocycles. The molecule has 0 saturated carbocycles. The molecule has 0 aliphatic heterocycles. The summed E-state index contributed by atoms with van der Waals surface area (Å²) in [5.74, 6) is 2.07. The van der Waals surface area contributed by atoms with Crippen LogP contribution in [0.2, 0.25) is 0 Å². The number of hydrogen-bond donors (Lipinski definition) is 2. The molecule has 0 fully saturated rings. The molecule has 5 nitrogen and oxygen atoms in total. The lowest BCUT2D eigenvalue weighted by Gasteiger charge is -2.11. The third-order valence-corrected chi connectivity index (χ3v) is 4.65. The molecular weight excluding hydrogens is 400 g/mol. The number of amides is 1. The Morgan fingerprint density at radius 2 is 1.31 bits per heavy atom. The average molecular weight is 425 g/mol. The highest BCUT2D eigenvalue weighted by Gasteiger charge is 2.05. The Hall–Kier alpha value is -4.25. The Morgan fingerprint density at radius 3 is 2.06 bits per heavy atom. The summed E-state index contributed by atoms with van der Waals surface area (Å²) in [7, 11) is 0. The molecule has 0 atom stereocenters. The van der Waals surface area contributed by atoms with Gasteiger partial charge in [-0.15, -0.1) is 0 Å². The number of carbonyl (C=O) groups is 1. The number of hydrogen-bond acceptors (Lipinski definition) is 4. The number of para-hydroxylation sites is 1. The molecule has 32 heavy (non-hydrogen) atoms. The fraction of sp³-hybridized carbons (Fsp3) is 0.0741. The normalized spacial score (nSPS) is 10.2. The predicted molar refractivity (Wildman–Crippen MR) is 127 cm³/mol. The summed E-state index contributed by atoms with van der Waals surface area (Å²) in [6.45, 7) is 0.623. The van der Waals surface area contributed by atoms with Crippen LogP contribution < -0.4 is 20.1 Å². The van der Waals surface area contributed by atoms with Crippen molar-refractivity contribution in [3.63, 3.8) is 0 Å². The second-order valence-electron chi connectivity index (χ2n) is 7.14. The van der Waals surface area contributed by atoms with Gasteiger partial charge in [0.15, 0.2) is 0 Å². The molecule has 4 aromatic carbocycles. The first-order chi connectivity index (χ1) is 15.7. The van der Waals surface area contributed by atoms with E-state index in [1.54, 1.807) is 0 Å². The van der Waals surface area contributed by atoms with Crippen LogP contribution in [0.5, 0.6) is 17.2 Å². The predicted octanol–water partition coefficient (Wildman–Crippen LogP) is 6.11. The van der Waals surface area contributed by atoms with Gasteiger partial charge in [-0.25, -0.2) is 0 Å². The van der Waals surface area contributed by atoms with E-state index in [0.29, 0.717) is 18.0 Å². The standard InChI is InChI=1S/C27H24N2O3/c30-27(19-28-22-14-16-25(17-15-22)32-24-11-5-2-6-12-24)29-23-10-7-13-26(18-23)31-20-21-8-3-1-4-9-21/h1-18,28H,19-20H2,(H,29,30). The monoisotopic (exact) mass is 424 g/mol. The van der Waals surface area contributed by atoms with Crippen molar-refractivity contribution in [3.8, 4) is 17.2 Å². The molecule has 160 valence electrons. The van der Waals surface area contributed by atoms with Crippen molar-refractivity contribution in [2.75, 3.05) is 17.2 Å². The molecule has 2 N–H and O–H groups in total. The van der Waals surface area contributed by atoms with Crippen molar-refractivity contribution in [2.45, 2.75) is 6.61 Å². The Balaban J connectivity index is 1.25. The number of ether oxygens (including phenoxy) is 2. The summed E-state index contributed by atoms with van der Waals surface area (Å²) in [6, 6.07) is 34.4. The number of carbonyl (C=O) groups excluding carboxylic acids is 1. The van der Waals surface area contributed by atoms with Crippen molar-refractivity contribution in [2.24, 2.45) is 0 Å². The summed E-state index contributed by atoms with van der Waals surface area (Å²) in [5.41, 5.74) is 2.61. The van der Waals surface area contributed by atoms with Crippen LogP contribution in [0.15, 0.2) is 109 Å². The van der Waals surface area contributed by atoms with Gasteiger partial charge in [0.1, 0.15) is 23.9 Å². The minimum absolute atomic E-state index is 0.144. The number of anilines is 2. The van der Waals surface area contributed by atoms with Gasteiger partial charge in [0.2, 0.25) is 5.91 Å². The van der Waals surface area contributed by atoms with Crippen molar-refractivity contribution in [1.29, 1.82) is 0 Å². The van der Waals surface area contributed by atoms with Gasteiger partial charge in [-0.3, -0.25) is 4.79 Å². The van der Waals surface area contributed by atoms with Gasteiger partial charge in [0, 0.05) is 17.4 Å². The largest absolute Gasteiger partial charge is 0.489 e. The van der Waals surface area contributed by atoms with Crippen molar-refractivity contribution >= 4 is 17.3 Å². The first-order valence-corrected chi connectivity index (χ1v) is 10.4. The molecule has 4 rings (SSSR count). The van der Waals surface area contributed by atoms with Gasteiger partial charge in [0.25, 0.3) is 0 Å². The number of nitrogens with one attached hydrogen (secondary N) is 2. The van der Waals surface area contributed by atoms with E-state index in [2.05, 4.69) is 10.6 Å². The lowest BCUT2D eigenvalue weighted by atomic mass is 10.2. The summed E-state index contributed by atoms with van der Waals surface area (Å²) >= 11 is 0. The van der Waals surface area contributed by atoms with Gasteiger partial charge in [-0.2, -0.15) is 0 Å². The third-order valence-electron chi connectivity index (χ3n) is 4.65. The fourth-order valence-corrected chi connectivity index (χ4v) is 3.06. The van der Waals surface area contributed by atoms with E-state index >= 15 is 0 Å². The maximum atomic E-state index is 12.3. The van der Waals surface area contributed by atoms with E-state index in [1.807, 2.05) is 109 Å². The highest BCUT2D eigenvalue weighted by Crippen LogP contribution is 2.23. The summed E-state index contributed by atoms with van der Waals surface area (Å²) in [5, 5.41) is 6.01. The van der Waals surface area contributed by atoms with Crippen LogP contribution in [-0.2, 0) is 11.4 Å². The van der Waals surface area contributed by atoms with Crippen molar-refractivity contribution in [1.82, 2.24) is 0 Å². The van der Waals surface area contributed by atoms with E-state index in [1.165, 1.54) is 0 Å². The molecule has 1 amide bonds. The first-order valence-electron chi connectivity index (χ1n) is 10.4. The molecule has 0 aromatic heterocycles. The van der Waals surface area contributed by atoms with E-state index in [0.717, 1.165) is 22.7 Å². The van der Waals surface area contributed by atoms with Crippen LogP contribution >= 0.6 is 0 Å². The summed E-state index contributed by atoms with van der Waals surface area (Å²) < 4.78 is 11.6. The van der Waals surface area contributed by atoms with Crippen LogP contribution in [0, 0.1) is 0 Å². The first kappa shape index (κ1) is 21.0. The highest BCUT2D eigenvalue weighted by molar-refractivity contribution is 5.93. The number of benzene rings is 4. The zero-order valence-corrected chi connectivity index (χ0v) is 17.5. The number of rotatable bonds is 9. The molecule has 0 unspecified atom stereocenters. The Kier molecular flexibility index (Phi) is 7.01. The minimum Gasteiger partial charge on any atom is -0.489 e. The van der Waals surface area contributed by atoms with E-state index in [-0.39, 0.29) is 12.5 Å². The quantitative estimate of drug-likeness (QED) is 0.340. The zero-order valence-electron chi connectivity index (χ0n) is 17.5. The second-order valence-corrected chi connectivity index (χ2v) is 7.14. The van der Waals surface area contributed by atoms with E-state index in [9.17, 15) is 4.79 Å². The van der Waals surface area contributed by atoms with Gasteiger partial charge >= 0.3 is 0 Å². The molecule has 0 spiro atoms. The second kappa shape index (κ2) is 10.7. The molecule has 0 aliphatic rings. The molecule has 4 aromatic rings. The Bertz CT molecular complexity index is 1130. The molecule has 0 saturated heterocycles. The summed E-state index contributed by atoms with van der Waals surface area (Å²) in [4.78, 5) is 12.3. The van der Waals surface area contributed by atoms with Gasteiger partial charge < -0.3 is 20.1 Å². The van der Waals surface area contributed by atoms with Crippen LogP contribution in [-0.4, -0.2) is 12.5 Å². The minimum atomic E-state index is -0.144. The molecule has 0 heterocycles. The third kappa shape index (κ3) is 6.37. The van der Waals surface area contributed by atoms with E-state index < -0.39 is 0 Å². The van der Waals surface area contributed by atoms with Gasteiger partial charge in [-0.1, -0.05) is 54.6 Å². The maximum Gasteiger partial charge on any atom is 0.243 e. The Labute approximate surface area is 187 Å². The van der Waals surface area contributed by atoms with Crippen LogP contribution in [0.4, 0.5) is 11.4 Å². The van der Waals surface area contributed by atoms with Crippen molar-refractivity contribution < 1.29 is 14.3 Å². The molecule has 0 bridgehead atoms. The maximum absolute atomic E-state index is 12.3. The average Bonchev–Trinajstić information content (AvgIpc) is 2.84. The van der Waals surface area contributed by atoms with Crippen LogP contribution in [0.1, 0.15) is 5.56 Å². The highest BCUT2D eigenvalue weighted by atomic mass is 16.5. The SMILES string of the molecule is O=C(CNc1ccc(Oc2ccccc2)cc1)Nc1cccc(OCc2ccccc2)c1. The lowest BCUT2D eigenvalue weighted by molar-refractivity contribution is -0.114. The smallest absolute Gasteiger partial charge is 0.243 e. The van der Waals surface area contributed by atoms with Gasteiger partial charge in [0.05, 0.1) is 6.54 Å². The Morgan fingerprint density at radius 1 is 0.656 bits per heavy atom. The van der Waals surface area contributed by atoms with Crippen LogP contribution in [0.25, 0.3) is 0 Å². The molecule has 5 heteroatoms. The van der Waals surface area contributed by atoms with E-state index in [4.69, 9.17) is 9.47 Å². The van der Waals surface area contributed by atoms with Crippen LogP contribution in [0.3, 0.4) is 0 Å². The van der Waals surface area contributed by atoms with Gasteiger partial charge in [-0.05, 0) is 54.1 Å². The lowest BCUT2D eigenvalue weighted by Crippen LogP contribution is -2.21.